The Hall–Kier alpha value is -3.24. The summed E-state index contributed by atoms with van der Waals surface area (Å²) in [5.74, 6) is -1.20. The Bertz CT molecular complexity index is 891. The van der Waals surface area contributed by atoms with E-state index < -0.39 is 23.6 Å². The molecule has 0 radical (unpaired) electrons. The van der Waals surface area contributed by atoms with E-state index in [9.17, 15) is 14.7 Å². The highest BCUT2D eigenvalue weighted by atomic mass is 16.4. The van der Waals surface area contributed by atoms with Gasteiger partial charge in [-0.3, -0.25) is 0 Å². The van der Waals surface area contributed by atoms with Crippen LogP contribution in [0.2, 0.25) is 0 Å². The normalized spacial score (nSPS) is 23.8. The summed E-state index contributed by atoms with van der Waals surface area (Å²) in [5, 5.41) is 12.0. The average molecular weight is 371 g/mol. The van der Waals surface area contributed by atoms with Crippen molar-refractivity contribution >= 4 is 12.4 Å². The molecular weight excluding hydrogens is 350 g/mol. The van der Waals surface area contributed by atoms with Gasteiger partial charge in [0.2, 0.25) is 0 Å². The van der Waals surface area contributed by atoms with Crippen molar-refractivity contribution < 1.29 is 19.2 Å². The van der Waals surface area contributed by atoms with Gasteiger partial charge in [-0.15, -0.1) is 0 Å². The van der Waals surface area contributed by atoms with Gasteiger partial charge in [0.05, 0.1) is 0 Å². The van der Waals surface area contributed by atoms with E-state index in [1.165, 1.54) is 0 Å². The van der Waals surface area contributed by atoms with Crippen molar-refractivity contribution in [2.45, 2.75) is 24.5 Å². The molecule has 0 saturated carbocycles. The molecule has 4 rings (SSSR count). The van der Waals surface area contributed by atoms with E-state index >= 15 is 0 Å². The second-order valence-corrected chi connectivity index (χ2v) is 7.25. The van der Waals surface area contributed by atoms with Gasteiger partial charge in [-0.2, -0.15) is 0 Å². The molecule has 28 heavy (non-hydrogen) atoms. The molecule has 3 aromatic rings. The van der Waals surface area contributed by atoms with Crippen LogP contribution in [0.25, 0.3) is 0 Å². The predicted molar refractivity (Wildman–Crippen MR) is 104 cm³/mol. The molecule has 1 fully saturated rings. The average Bonchev–Trinajstić information content (AvgIpc) is 3.37. The van der Waals surface area contributed by atoms with E-state index in [4.69, 9.17) is 0 Å². The molecule has 1 unspecified atom stereocenters. The highest BCUT2D eigenvalue weighted by Gasteiger charge is 2.76. The number of carboxylic acids is 1. The number of amides is 1. The van der Waals surface area contributed by atoms with Crippen LogP contribution in [0.5, 0.6) is 0 Å². The number of rotatable bonds is 6. The monoisotopic (exact) mass is 371 g/mol. The SMILES string of the molecule is C[C@H]1[C@@H](C(=O)[O-])[N+]1(C=O)C(c1ccccc1)(c1ccccc1)c1ccccc1. The molecule has 0 bridgehead atoms. The minimum atomic E-state index is -1.20. The van der Waals surface area contributed by atoms with Gasteiger partial charge in [0.15, 0.2) is 17.6 Å². The summed E-state index contributed by atoms with van der Waals surface area (Å²) in [6.45, 7) is 1.80. The molecule has 1 amide bonds. The van der Waals surface area contributed by atoms with Crippen LogP contribution < -0.4 is 5.11 Å². The Morgan fingerprint density at radius 1 is 0.821 bits per heavy atom. The van der Waals surface area contributed by atoms with Crippen LogP contribution in [0.1, 0.15) is 23.6 Å². The fraction of sp³-hybridized carbons (Fsp3) is 0.167. The van der Waals surface area contributed by atoms with Crippen molar-refractivity contribution in [1.82, 2.24) is 0 Å². The van der Waals surface area contributed by atoms with Crippen LogP contribution in [0.3, 0.4) is 0 Å². The summed E-state index contributed by atoms with van der Waals surface area (Å²) in [7, 11) is 0. The number of quaternary nitrogens is 1. The van der Waals surface area contributed by atoms with Crippen LogP contribution in [-0.2, 0) is 15.1 Å². The maximum absolute atomic E-state index is 12.7. The number of carboxylic acid groups (broad SMARTS) is 1. The van der Waals surface area contributed by atoms with Gasteiger partial charge in [-0.25, -0.2) is 9.28 Å². The van der Waals surface area contributed by atoms with Crippen molar-refractivity contribution in [3.05, 3.63) is 108 Å². The molecule has 0 N–H and O–H groups in total. The number of hydrogen-bond donors (Lipinski definition) is 0. The summed E-state index contributed by atoms with van der Waals surface area (Å²) < 4.78 is -0.257. The number of aliphatic carboxylic acids is 1. The lowest BCUT2D eigenvalue weighted by Crippen LogP contribution is -2.54. The molecule has 1 saturated heterocycles. The van der Waals surface area contributed by atoms with Gasteiger partial charge in [0.25, 0.3) is 0 Å². The molecule has 0 aromatic heterocycles. The zero-order valence-corrected chi connectivity index (χ0v) is 15.6. The predicted octanol–water partition coefficient (Wildman–Crippen LogP) is 2.47. The van der Waals surface area contributed by atoms with Crippen LogP contribution in [0, 0.1) is 0 Å². The van der Waals surface area contributed by atoms with Crippen molar-refractivity contribution in [3.63, 3.8) is 0 Å². The van der Waals surface area contributed by atoms with Gasteiger partial charge >= 0.3 is 6.41 Å². The van der Waals surface area contributed by atoms with Gasteiger partial charge < -0.3 is 9.90 Å². The van der Waals surface area contributed by atoms with Crippen molar-refractivity contribution in [2.75, 3.05) is 0 Å². The molecule has 4 heteroatoms. The van der Waals surface area contributed by atoms with E-state index in [0.29, 0.717) is 0 Å². The molecule has 1 aliphatic rings. The van der Waals surface area contributed by atoms with Gasteiger partial charge in [0.1, 0.15) is 5.97 Å². The standard InChI is InChI=1S/C24H21NO3/c1-18-22(23(27)28)25(18,17-26)24(19-11-5-2-6-12-19,20-13-7-3-8-14-20)21-15-9-4-10-16-21/h2-18,22H,1H3/t18-,22-,25?/m0/s1. The lowest BCUT2D eigenvalue weighted by molar-refractivity contribution is -0.788. The molecule has 3 atom stereocenters. The molecule has 0 aliphatic carbocycles. The Kier molecular flexibility index (Phi) is 4.36. The number of carbonyl (C=O) groups excluding carboxylic acids is 2. The maximum Gasteiger partial charge on any atom is 0.303 e. The Balaban J connectivity index is 2.15. The quantitative estimate of drug-likeness (QED) is 0.289. The maximum atomic E-state index is 12.7. The minimum absolute atomic E-state index is 0.257. The Morgan fingerprint density at radius 2 is 1.18 bits per heavy atom. The first-order valence-corrected chi connectivity index (χ1v) is 9.32. The third-order valence-electron chi connectivity index (χ3n) is 6.07. The fourth-order valence-corrected chi connectivity index (χ4v) is 4.85. The summed E-state index contributed by atoms with van der Waals surface area (Å²) >= 11 is 0. The molecule has 4 nitrogen and oxygen atoms in total. The molecule has 140 valence electrons. The highest BCUT2D eigenvalue weighted by Crippen LogP contribution is 2.57. The van der Waals surface area contributed by atoms with Crippen molar-refractivity contribution in [1.29, 1.82) is 0 Å². The third kappa shape index (κ3) is 2.28. The van der Waals surface area contributed by atoms with E-state index in [-0.39, 0.29) is 4.48 Å². The second-order valence-electron chi connectivity index (χ2n) is 7.25. The Morgan fingerprint density at radius 3 is 1.43 bits per heavy atom. The fourth-order valence-electron chi connectivity index (χ4n) is 4.85. The molecular formula is C24H21NO3. The second kappa shape index (κ2) is 6.73. The van der Waals surface area contributed by atoms with Gasteiger partial charge in [0, 0.05) is 16.7 Å². The van der Waals surface area contributed by atoms with Crippen LogP contribution in [0.4, 0.5) is 0 Å². The summed E-state index contributed by atoms with van der Waals surface area (Å²) in [5.41, 5.74) is 1.62. The van der Waals surface area contributed by atoms with E-state index in [1.807, 2.05) is 91.0 Å². The lowest BCUT2D eigenvalue weighted by atomic mass is 9.75. The largest absolute Gasteiger partial charge is 0.544 e. The summed E-state index contributed by atoms with van der Waals surface area (Å²) in [6, 6.07) is 27.7. The summed E-state index contributed by atoms with van der Waals surface area (Å²) in [6.07, 6.45) is 0.790. The zero-order valence-electron chi connectivity index (χ0n) is 15.6. The Labute approximate surface area is 164 Å². The first-order valence-electron chi connectivity index (χ1n) is 9.32. The number of hydrogen-bond acceptors (Lipinski definition) is 3. The lowest BCUT2D eigenvalue weighted by Gasteiger charge is -2.41. The topological polar surface area (TPSA) is 57.2 Å². The third-order valence-corrected chi connectivity index (χ3v) is 6.07. The zero-order chi connectivity index (χ0) is 19.8. The molecule has 1 heterocycles. The van der Waals surface area contributed by atoms with Gasteiger partial charge in [-0.05, 0) is 6.92 Å². The first-order chi connectivity index (χ1) is 13.6. The van der Waals surface area contributed by atoms with Crippen LogP contribution >= 0.6 is 0 Å². The van der Waals surface area contributed by atoms with Crippen molar-refractivity contribution in [3.8, 4) is 0 Å². The van der Waals surface area contributed by atoms with Crippen LogP contribution in [0.15, 0.2) is 91.0 Å². The number of nitrogens with zero attached hydrogens (tertiary/aromatic N) is 1. The molecule has 3 aromatic carbocycles. The van der Waals surface area contributed by atoms with E-state index in [1.54, 1.807) is 6.92 Å². The van der Waals surface area contributed by atoms with Gasteiger partial charge in [-0.1, -0.05) is 91.0 Å². The highest BCUT2D eigenvalue weighted by molar-refractivity contribution is 5.77. The van der Waals surface area contributed by atoms with Crippen molar-refractivity contribution in [2.24, 2.45) is 0 Å². The molecule has 1 aliphatic heterocycles. The first kappa shape index (κ1) is 18.1. The number of carbonyl (C=O) groups is 2. The minimum Gasteiger partial charge on any atom is -0.544 e. The van der Waals surface area contributed by atoms with E-state index in [2.05, 4.69) is 0 Å². The summed E-state index contributed by atoms with van der Waals surface area (Å²) in [4.78, 5) is 24.7. The smallest absolute Gasteiger partial charge is 0.303 e. The molecule has 0 spiro atoms. The number of benzene rings is 3. The van der Waals surface area contributed by atoms with Crippen LogP contribution in [-0.4, -0.2) is 28.9 Å². The van der Waals surface area contributed by atoms with E-state index in [0.717, 1.165) is 23.1 Å².